The number of hydrogen-bond donors (Lipinski definition) is 0. The fourth-order valence-electron chi connectivity index (χ4n) is 2.74. The molecule has 0 saturated heterocycles. The van der Waals surface area contributed by atoms with Crippen LogP contribution in [0.2, 0.25) is 0 Å². The molecule has 0 aliphatic carbocycles. The monoisotopic (exact) mass is 350 g/mol. The van der Waals surface area contributed by atoms with Crippen molar-refractivity contribution in [1.29, 1.82) is 0 Å². The highest BCUT2D eigenvalue weighted by atomic mass is 32.1. The fraction of sp³-hybridized carbons (Fsp3) is 0.562. The average Bonchev–Trinajstić information content (AvgIpc) is 3.14. The zero-order valence-corrected chi connectivity index (χ0v) is 14.8. The van der Waals surface area contributed by atoms with E-state index in [-0.39, 0.29) is 12.0 Å². The largest absolute Gasteiger partial charge is 0.384 e. The summed E-state index contributed by atoms with van der Waals surface area (Å²) in [6.07, 6.45) is 2.03. The quantitative estimate of drug-likeness (QED) is 0.792. The van der Waals surface area contributed by atoms with Crippen LogP contribution in [0.4, 0.5) is 0 Å². The first-order valence-corrected chi connectivity index (χ1v) is 8.83. The summed E-state index contributed by atoms with van der Waals surface area (Å²) in [5.41, 5.74) is 1.95. The van der Waals surface area contributed by atoms with Crippen molar-refractivity contribution in [2.45, 2.75) is 39.1 Å². The molecule has 1 amide bonds. The predicted molar refractivity (Wildman–Crippen MR) is 89.6 cm³/mol. The third-order valence-electron chi connectivity index (χ3n) is 3.96. The number of rotatable bonds is 6. The van der Waals surface area contributed by atoms with E-state index in [1.54, 1.807) is 24.6 Å². The molecule has 130 valence electrons. The van der Waals surface area contributed by atoms with Crippen LogP contribution in [-0.4, -0.2) is 51.9 Å². The molecule has 0 aromatic carbocycles. The highest BCUT2D eigenvalue weighted by Gasteiger charge is 2.26. The number of carbonyl (C=O) groups is 1. The van der Waals surface area contributed by atoms with Crippen LogP contribution in [0.25, 0.3) is 0 Å². The van der Waals surface area contributed by atoms with Crippen LogP contribution in [0.5, 0.6) is 0 Å². The maximum Gasteiger partial charge on any atom is 0.225 e. The van der Waals surface area contributed by atoms with E-state index in [9.17, 15) is 4.79 Å². The van der Waals surface area contributed by atoms with E-state index in [0.717, 1.165) is 16.4 Å². The Hall–Kier alpha value is -1.77. The van der Waals surface area contributed by atoms with Gasteiger partial charge in [-0.15, -0.1) is 11.3 Å². The average molecular weight is 350 g/mol. The van der Waals surface area contributed by atoms with Crippen molar-refractivity contribution in [2.75, 3.05) is 20.3 Å². The Bertz CT molecular complexity index is 684. The number of hydrogen-bond acceptors (Lipinski definition) is 6. The first-order valence-electron chi connectivity index (χ1n) is 7.95. The zero-order valence-electron chi connectivity index (χ0n) is 14.0. The van der Waals surface area contributed by atoms with Crippen LogP contribution in [0.1, 0.15) is 22.8 Å². The lowest BCUT2D eigenvalue weighted by Crippen LogP contribution is -2.37. The second-order valence-electron chi connectivity index (χ2n) is 5.81. The first-order chi connectivity index (χ1) is 11.7. The minimum absolute atomic E-state index is 0.0737. The van der Waals surface area contributed by atoms with Gasteiger partial charge in [-0.2, -0.15) is 5.10 Å². The summed E-state index contributed by atoms with van der Waals surface area (Å²) < 4.78 is 13.0. The Morgan fingerprint density at radius 2 is 2.33 bits per heavy atom. The SMILES string of the molecule is COCCC(=O)N1Cc2ccnn2C[C@@H](OCc2csc(C)n2)C1. The van der Waals surface area contributed by atoms with Gasteiger partial charge < -0.3 is 14.4 Å². The molecule has 1 aliphatic heterocycles. The summed E-state index contributed by atoms with van der Waals surface area (Å²) in [7, 11) is 1.60. The molecule has 3 rings (SSSR count). The molecule has 1 atom stereocenters. The Kier molecular flexibility index (Phi) is 5.60. The van der Waals surface area contributed by atoms with Gasteiger partial charge >= 0.3 is 0 Å². The number of methoxy groups -OCH3 is 1. The third-order valence-corrected chi connectivity index (χ3v) is 4.79. The van der Waals surface area contributed by atoms with E-state index in [2.05, 4.69) is 10.1 Å². The summed E-state index contributed by atoms with van der Waals surface area (Å²) in [5.74, 6) is 0.0737. The second-order valence-corrected chi connectivity index (χ2v) is 6.87. The van der Waals surface area contributed by atoms with Crippen molar-refractivity contribution >= 4 is 17.2 Å². The molecule has 0 saturated carbocycles. The van der Waals surface area contributed by atoms with Crippen molar-refractivity contribution in [2.24, 2.45) is 0 Å². The Morgan fingerprint density at radius 3 is 3.08 bits per heavy atom. The fourth-order valence-corrected chi connectivity index (χ4v) is 3.33. The van der Waals surface area contributed by atoms with Crippen LogP contribution in [-0.2, 0) is 34.0 Å². The summed E-state index contributed by atoms with van der Waals surface area (Å²) in [6, 6.07) is 1.95. The molecule has 0 radical (unpaired) electrons. The van der Waals surface area contributed by atoms with Gasteiger partial charge in [0.2, 0.25) is 5.91 Å². The summed E-state index contributed by atoms with van der Waals surface area (Å²) in [4.78, 5) is 18.7. The summed E-state index contributed by atoms with van der Waals surface area (Å²) >= 11 is 1.61. The molecule has 8 heteroatoms. The lowest BCUT2D eigenvalue weighted by molar-refractivity contribution is -0.134. The molecular weight excluding hydrogens is 328 g/mol. The molecular formula is C16H22N4O3S. The Labute approximate surface area is 145 Å². The van der Waals surface area contributed by atoms with Crippen molar-refractivity contribution in [1.82, 2.24) is 19.7 Å². The maximum absolute atomic E-state index is 12.4. The van der Waals surface area contributed by atoms with Crippen LogP contribution in [0.3, 0.4) is 0 Å². The molecule has 3 heterocycles. The van der Waals surface area contributed by atoms with Crippen LogP contribution in [0, 0.1) is 6.92 Å². The molecule has 0 spiro atoms. The van der Waals surface area contributed by atoms with Crippen molar-refractivity contribution in [3.63, 3.8) is 0 Å². The van der Waals surface area contributed by atoms with Gasteiger partial charge in [0.25, 0.3) is 0 Å². The van der Waals surface area contributed by atoms with Gasteiger partial charge in [0.1, 0.15) is 0 Å². The number of aryl methyl sites for hydroxylation is 1. The Morgan fingerprint density at radius 1 is 1.46 bits per heavy atom. The van der Waals surface area contributed by atoms with Crippen molar-refractivity contribution < 1.29 is 14.3 Å². The van der Waals surface area contributed by atoms with Gasteiger partial charge in [0, 0.05) is 25.2 Å². The van der Waals surface area contributed by atoms with E-state index in [4.69, 9.17) is 9.47 Å². The van der Waals surface area contributed by atoms with E-state index in [1.807, 2.05) is 28.0 Å². The molecule has 0 N–H and O–H groups in total. The van der Waals surface area contributed by atoms with Crippen molar-refractivity contribution in [3.05, 3.63) is 34.0 Å². The van der Waals surface area contributed by atoms with E-state index in [1.165, 1.54) is 0 Å². The van der Waals surface area contributed by atoms with E-state index >= 15 is 0 Å². The van der Waals surface area contributed by atoms with Crippen LogP contribution < -0.4 is 0 Å². The summed E-state index contributed by atoms with van der Waals surface area (Å²) in [6.45, 7) is 4.60. The second kappa shape index (κ2) is 7.87. The van der Waals surface area contributed by atoms with Crippen molar-refractivity contribution in [3.8, 4) is 0 Å². The minimum Gasteiger partial charge on any atom is -0.384 e. The standard InChI is InChI=1S/C16H22N4O3S/c1-12-18-13(11-24-12)10-23-15-8-19(16(21)4-6-22-2)7-14-3-5-17-20(14)9-15/h3,5,11,15H,4,6-10H2,1-2H3/t15-/m0/s1. The van der Waals surface area contributed by atoms with E-state index < -0.39 is 0 Å². The highest BCUT2D eigenvalue weighted by molar-refractivity contribution is 7.09. The summed E-state index contributed by atoms with van der Waals surface area (Å²) in [5, 5.41) is 7.38. The number of ether oxygens (including phenoxy) is 2. The molecule has 2 aromatic heterocycles. The molecule has 7 nitrogen and oxygen atoms in total. The topological polar surface area (TPSA) is 69.5 Å². The normalized spacial score (nSPS) is 17.6. The minimum atomic E-state index is -0.111. The van der Waals surface area contributed by atoms with Gasteiger partial charge in [-0.25, -0.2) is 4.98 Å². The first kappa shape index (κ1) is 17.1. The maximum atomic E-state index is 12.4. The molecule has 24 heavy (non-hydrogen) atoms. The number of thiazole rings is 1. The molecule has 1 aliphatic rings. The van der Waals surface area contributed by atoms with Gasteiger partial charge in [-0.05, 0) is 13.0 Å². The lowest BCUT2D eigenvalue weighted by Gasteiger charge is -2.24. The van der Waals surface area contributed by atoms with Gasteiger partial charge in [-0.1, -0.05) is 0 Å². The van der Waals surface area contributed by atoms with Gasteiger partial charge in [0.05, 0.1) is 55.2 Å². The van der Waals surface area contributed by atoms with Crippen LogP contribution in [0.15, 0.2) is 17.6 Å². The number of carbonyl (C=O) groups excluding carboxylic acids is 1. The third kappa shape index (κ3) is 4.19. The number of amides is 1. The zero-order chi connectivity index (χ0) is 16.9. The number of nitrogens with zero attached hydrogens (tertiary/aromatic N) is 4. The molecule has 0 unspecified atom stereocenters. The number of fused-ring (bicyclic) bond motifs is 1. The van der Waals surface area contributed by atoms with Gasteiger partial charge in [-0.3, -0.25) is 9.48 Å². The smallest absolute Gasteiger partial charge is 0.225 e. The predicted octanol–water partition coefficient (Wildman–Crippen LogP) is 1.61. The number of aromatic nitrogens is 3. The van der Waals surface area contributed by atoms with E-state index in [0.29, 0.717) is 39.3 Å². The Balaban J connectivity index is 1.67. The van der Waals surface area contributed by atoms with Gasteiger partial charge in [0.15, 0.2) is 0 Å². The lowest BCUT2D eigenvalue weighted by atomic mass is 10.3. The molecule has 0 fully saturated rings. The molecule has 0 bridgehead atoms. The van der Waals surface area contributed by atoms with Crippen LogP contribution >= 0.6 is 11.3 Å². The molecule has 2 aromatic rings. The highest BCUT2D eigenvalue weighted by Crippen LogP contribution is 2.17.